The summed E-state index contributed by atoms with van der Waals surface area (Å²) in [7, 11) is 0. The van der Waals surface area contributed by atoms with Gasteiger partial charge in [0, 0.05) is 44.9 Å². The first-order valence-electron chi connectivity index (χ1n) is 5.87. The lowest BCUT2D eigenvalue weighted by molar-refractivity contribution is -0.121. The molecule has 92 valence electrons. The Kier molecular flexibility index (Phi) is 5.25. The van der Waals surface area contributed by atoms with Crippen molar-refractivity contribution in [2.45, 2.75) is 26.7 Å². The number of hydrogen-bond donors (Lipinski definition) is 2. The van der Waals surface area contributed by atoms with Crippen LogP contribution >= 0.6 is 0 Å². The molecule has 1 aliphatic heterocycles. The van der Waals surface area contributed by atoms with Gasteiger partial charge in [0.05, 0.1) is 5.71 Å². The van der Waals surface area contributed by atoms with Crippen LogP contribution in [-0.4, -0.2) is 47.9 Å². The molecule has 0 aliphatic carbocycles. The fraction of sp³-hybridized carbons (Fsp3) is 0.818. The zero-order valence-corrected chi connectivity index (χ0v) is 10.1. The maximum absolute atomic E-state index is 11.3. The van der Waals surface area contributed by atoms with E-state index in [1.54, 1.807) is 0 Å². The Morgan fingerprint density at radius 3 is 3.00 bits per heavy atom. The Bertz CT molecular complexity index is 266. The van der Waals surface area contributed by atoms with Crippen LogP contribution in [0.5, 0.6) is 0 Å². The Labute approximate surface area is 96.5 Å². The van der Waals surface area contributed by atoms with Gasteiger partial charge in [-0.15, -0.1) is 0 Å². The van der Waals surface area contributed by atoms with Crippen LogP contribution in [0.4, 0.5) is 0 Å². The van der Waals surface area contributed by atoms with Gasteiger partial charge in [-0.3, -0.25) is 4.79 Å². The molecule has 0 saturated carbocycles. The third-order valence-corrected chi connectivity index (χ3v) is 2.94. The number of carbonyl (C=O) groups is 1. The van der Waals surface area contributed by atoms with E-state index in [-0.39, 0.29) is 11.8 Å². The number of likely N-dealkylation sites (tertiary alicyclic amines) is 1. The largest absolute Gasteiger partial charge is 0.411 e. The molecule has 5 heteroatoms. The van der Waals surface area contributed by atoms with Gasteiger partial charge in [0.15, 0.2) is 0 Å². The van der Waals surface area contributed by atoms with Crippen molar-refractivity contribution >= 4 is 11.6 Å². The number of oxime groups is 1. The molecule has 1 amide bonds. The highest BCUT2D eigenvalue weighted by molar-refractivity contribution is 5.87. The van der Waals surface area contributed by atoms with E-state index in [1.807, 2.05) is 13.8 Å². The number of nitrogens with one attached hydrogen (secondary N) is 1. The number of piperidine rings is 1. The number of hydrogen-bond acceptors (Lipinski definition) is 4. The second-order valence-electron chi connectivity index (χ2n) is 4.25. The fourth-order valence-electron chi connectivity index (χ4n) is 2.00. The molecular weight excluding hydrogens is 206 g/mol. The summed E-state index contributed by atoms with van der Waals surface area (Å²) in [6.07, 6.45) is 1.35. The third kappa shape index (κ3) is 3.81. The smallest absolute Gasteiger partial charge is 0.221 e. The third-order valence-electron chi connectivity index (χ3n) is 2.94. The van der Waals surface area contributed by atoms with Crippen LogP contribution in [0.25, 0.3) is 0 Å². The average Bonchev–Trinajstić information content (AvgIpc) is 2.27. The maximum Gasteiger partial charge on any atom is 0.221 e. The van der Waals surface area contributed by atoms with E-state index in [1.165, 1.54) is 0 Å². The summed E-state index contributed by atoms with van der Waals surface area (Å²) in [4.78, 5) is 13.5. The summed E-state index contributed by atoms with van der Waals surface area (Å²) in [6.45, 7) is 7.20. The Balaban J connectivity index is 2.28. The second-order valence-corrected chi connectivity index (χ2v) is 4.25. The molecule has 1 unspecified atom stereocenters. The molecule has 1 fully saturated rings. The normalized spacial score (nSPS) is 24.6. The molecule has 0 bridgehead atoms. The molecule has 1 saturated heterocycles. The van der Waals surface area contributed by atoms with Gasteiger partial charge in [0.1, 0.15) is 0 Å². The molecule has 16 heavy (non-hydrogen) atoms. The topological polar surface area (TPSA) is 64.9 Å². The summed E-state index contributed by atoms with van der Waals surface area (Å²) in [6, 6.07) is 0. The fourth-order valence-corrected chi connectivity index (χ4v) is 2.00. The van der Waals surface area contributed by atoms with E-state index in [2.05, 4.69) is 15.4 Å². The number of nitrogens with zero attached hydrogens (tertiary/aromatic N) is 2. The van der Waals surface area contributed by atoms with Crippen molar-refractivity contribution in [1.29, 1.82) is 0 Å². The Morgan fingerprint density at radius 1 is 1.69 bits per heavy atom. The zero-order chi connectivity index (χ0) is 12.0. The molecule has 1 aliphatic rings. The summed E-state index contributed by atoms with van der Waals surface area (Å²) < 4.78 is 0. The van der Waals surface area contributed by atoms with E-state index in [0.717, 1.165) is 31.8 Å². The van der Waals surface area contributed by atoms with Crippen LogP contribution in [-0.2, 0) is 4.79 Å². The van der Waals surface area contributed by atoms with Crippen LogP contribution < -0.4 is 5.32 Å². The van der Waals surface area contributed by atoms with Crippen LogP contribution in [0.2, 0.25) is 0 Å². The quantitative estimate of drug-likeness (QED) is 0.548. The first kappa shape index (κ1) is 13.0. The second kappa shape index (κ2) is 6.48. The predicted octanol–water partition coefficient (Wildman–Crippen LogP) is 0.685. The van der Waals surface area contributed by atoms with Gasteiger partial charge in [0.25, 0.3) is 0 Å². The van der Waals surface area contributed by atoms with Gasteiger partial charge >= 0.3 is 0 Å². The van der Waals surface area contributed by atoms with Crippen LogP contribution in [0, 0.1) is 5.92 Å². The lowest BCUT2D eigenvalue weighted by Gasteiger charge is -2.31. The van der Waals surface area contributed by atoms with Crippen molar-refractivity contribution < 1.29 is 10.0 Å². The van der Waals surface area contributed by atoms with Crippen molar-refractivity contribution in [3.63, 3.8) is 0 Å². The lowest BCUT2D eigenvalue weighted by atomic mass is 9.97. The van der Waals surface area contributed by atoms with Gasteiger partial charge in [0.2, 0.25) is 5.91 Å². The van der Waals surface area contributed by atoms with E-state index in [0.29, 0.717) is 13.0 Å². The van der Waals surface area contributed by atoms with Gasteiger partial charge < -0.3 is 15.4 Å². The monoisotopic (exact) mass is 227 g/mol. The number of amides is 1. The minimum Gasteiger partial charge on any atom is -0.411 e. The van der Waals surface area contributed by atoms with E-state index in [9.17, 15) is 4.79 Å². The van der Waals surface area contributed by atoms with Gasteiger partial charge in [-0.25, -0.2) is 0 Å². The standard InChI is InChI=1S/C11H21N3O2/c1-3-12-11(15)5-7-14-6-4-10(13-16)9(2)8-14/h9,16H,3-8H2,1-2H3,(H,12,15). The van der Waals surface area contributed by atoms with E-state index >= 15 is 0 Å². The van der Waals surface area contributed by atoms with E-state index in [4.69, 9.17) is 5.21 Å². The van der Waals surface area contributed by atoms with Gasteiger partial charge in [-0.05, 0) is 6.92 Å². The van der Waals surface area contributed by atoms with Crippen molar-refractivity contribution in [3.05, 3.63) is 0 Å². The first-order valence-corrected chi connectivity index (χ1v) is 5.87. The molecule has 0 aromatic heterocycles. The van der Waals surface area contributed by atoms with Crippen molar-refractivity contribution in [2.75, 3.05) is 26.2 Å². The highest BCUT2D eigenvalue weighted by Gasteiger charge is 2.22. The van der Waals surface area contributed by atoms with Crippen molar-refractivity contribution in [3.8, 4) is 0 Å². The highest BCUT2D eigenvalue weighted by Crippen LogP contribution is 2.13. The van der Waals surface area contributed by atoms with Gasteiger partial charge in [-0.1, -0.05) is 12.1 Å². The molecule has 1 atom stereocenters. The molecule has 0 aromatic carbocycles. The predicted molar refractivity (Wildman–Crippen MR) is 62.7 cm³/mol. The molecule has 0 radical (unpaired) electrons. The molecular formula is C11H21N3O2. The van der Waals surface area contributed by atoms with Crippen LogP contribution in [0.15, 0.2) is 5.16 Å². The number of rotatable bonds is 4. The molecule has 2 N–H and O–H groups in total. The van der Waals surface area contributed by atoms with Crippen molar-refractivity contribution in [1.82, 2.24) is 10.2 Å². The Hall–Kier alpha value is -1.10. The zero-order valence-electron chi connectivity index (χ0n) is 10.1. The van der Waals surface area contributed by atoms with Crippen LogP contribution in [0.1, 0.15) is 26.7 Å². The molecule has 0 spiro atoms. The minimum absolute atomic E-state index is 0.108. The van der Waals surface area contributed by atoms with E-state index < -0.39 is 0 Å². The average molecular weight is 227 g/mol. The molecule has 1 rings (SSSR count). The summed E-state index contributed by atoms with van der Waals surface area (Å²) in [5.74, 6) is 0.393. The molecule has 1 heterocycles. The summed E-state index contributed by atoms with van der Waals surface area (Å²) in [5.41, 5.74) is 0.870. The lowest BCUT2D eigenvalue weighted by Crippen LogP contribution is -2.41. The number of carbonyl (C=O) groups excluding carboxylic acids is 1. The Morgan fingerprint density at radius 2 is 2.44 bits per heavy atom. The van der Waals surface area contributed by atoms with Crippen molar-refractivity contribution in [2.24, 2.45) is 11.1 Å². The highest BCUT2D eigenvalue weighted by atomic mass is 16.4. The van der Waals surface area contributed by atoms with Crippen LogP contribution in [0.3, 0.4) is 0 Å². The molecule has 0 aromatic rings. The molecule has 5 nitrogen and oxygen atoms in total. The van der Waals surface area contributed by atoms with Gasteiger partial charge in [-0.2, -0.15) is 0 Å². The summed E-state index contributed by atoms with van der Waals surface area (Å²) >= 11 is 0. The summed E-state index contributed by atoms with van der Waals surface area (Å²) in [5, 5.41) is 14.8. The first-order chi connectivity index (χ1) is 7.67. The minimum atomic E-state index is 0.108. The maximum atomic E-state index is 11.3. The SMILES string of the molecule is CCNC(=O)CCN1CCC(=NO)C(C)C1.